The van der Waals surface area contributed by atoms with Crippen molar-refractivity contribution in [2.24, 2.45) is 16.5 Å². The van der Waals surface area contributed by atoms with Crippen LogP contribution in [-0.4, -0.2) is 70.1 Å². The molecular formula is C20H26F3N5O6. The molecule has 9 N–H and O–H groups in total. The average Bonchev–Trinajstić information content (AvgIpc) is 2.76. The first kappa shape index (κ1) is 26.9. The first-order valence-electron chi connectivity index (χ1n) is 9.99. The summed E-state index contributed by atoms with van der Waals surface area (Å²) in [5.74, 6) is -2.46. The number of carbonyl (C=O) groups excluding carboxylic acids is 2. The zero-order valence-corrected chi connectivity index (χ0v) is 18.0. The third kappa shape index (κ3) is 6.82. The summed E-state index contributed by atoms with van der Waals surface area (Å²) < 4.78 is 45.1. The second kappa shape index (κ2) is 11.2. The molecule has 11 nitrogen and oxygen atoms in total. The summed E-state index contributed by atoms with van der Waals surface area (Å²) in [5.41, 5.74) is 9.71. The van der Waals surface area contributed by atoms with Gasteiger partial charge in [-0.1, -0.05) is 18.2 Å². The predicted molar refractivity (Wildman–Crippen MR) is 113 cm³/mol. The van der Waals surface area contributed by atoms with Gasteiger partial charge in [0, 0.05) is 13.5 Å². The average molecular weight is 489 g/mol. The van der Waals surface area contributed by atoms with Crippen molar-refractivity contribution in [3.8, 4) is 0 Å². The topological polar surface area (TPSA) is 193 Å². The quantitative estimate of drug-likeness (QED) is 0.169. The molecule has 0 fully saturated rings. The van der Waals surface area contributed by atoms with Crippen LogP contribution in [0.15, 0.2) is 41.1 Å². The Kier molecular flexibility index (Phi) is 8.84. The van der Waals surface area contributed by atoms with E-state index in [9.17, 15) is 38.1 Å². The smallest absolute Gasteiger partial charge is 0.416 e. The number of aliphatic hydroxyl groups is 3. The number of rotatable bonds is 8. The molecule has 0 saturated heterocycles. The molecule has 5 atom stereocenters. The van der Waals surface area contributed by atoms with Crippen molar-refractivity contribution in [3.05, 3.63) is 47.2 Å². The Morgan fingerprint density at radius 1 is 1.24 bits per heavy atom. The number of alkyl halides is 3. The van der Waals surface area contributed by atoms with Gasteiger partial charge in [-0.3, -0.25) is 9.59 Å². The molecule has 1 aliphatic heterocycles. The minimum Gasteiger partial charge on any atom is -0.480 e. The van der Waals surface area contributed by atoms with Crippen molar-refractivity contribution < 1.29 is 42.8 Å². The fraction of sp³-hybridized carbons (Fsp3) is 0.450. The molecule has 2 amide bonds. The number of nitrogens with two attached hydrogens (primary N) is 2. The highest BCUT2D eigenvalue weighted by Crippen LogP contribution is 2.32. The van der Waals surface area contributed by atoms with Crippen LogP contribution in [0.5, 0.6) is 0 Å². The molecule has 1 aromatic rings. The number of aliphatic hydroxyl groups excluding tert-OH is 3. The van der Waals surface area contributed by atoms with Gasteiger partial charge in [0.25, 0.3) is 5.91 Å². The van der Waals surface area contributed by atoms with Gasteiger partial charge in [0.05, 0.1) is 24.3 Å². The van der Waals surface area contributed by atoms with Gasteiger partial charge in [-0.15, -0.1) is 0 Å². The van der Waals surface area contributed by atoms with Gasteiger partial charge < -0.3 is 42.2 Å². The van der Waals surface area contributed by atoms with Gasteiger partial charge in [-0.25, -0.2) is 4.99 Å². The monoisotopic (exact) mass is 489 g/mol. The van der Waals surface area contributed by atoms with E-state index in [1.165, 1.54) is 18.2 Å². The Morgan fingerprint density at radius 3 is 2.44 bits per heavy atom. The van der Waals surface area contributed by atoms with Crippen molar-refractivity contribution in [2.45, 2.75) is 50.0 Å². The molecule has 0 radical (unpaired) electrons. The first-order chi connectivity index (χ1) is 15.8. The van der Waals surface area contributed by atoms with Crippen LogP contribution in [0.1, 0.15) is 18.1 Å². The van der Waals surface area contributed by atoms with Gasteiger partial charge in [0.1, 0.15) is 18.3 Å². The molecule has 0 aromatic heterocycles. The SMILES string of the molecule is CC(=O)N[C@H]1[C@H]([C@H](O)[C@H](O)CO)OC(C(=O)NCc2ccccc2C(F)(F)F)=C[C@@H]1N=C(N)N. The number of nitrogens with one attached hydrogen (secondary N) is 2. The number of halogens is 3. The molecule has 0 unspecified atom stereocenters. The zero-order valence-electron chi connectivity index (χ0n) is 18.0. The minimum absolute atomic E-state index is 0.205. The molecule has 2 rings (SSSR count). The van der Waals surface area contributed by atoms with Crippen LogP contribution >= 0.6 is 0 Å². The van der Waals surface area contributed by atoms with Crippen molar-refractivity contribution in [2.75, 3.05) is 6.61 Å². The molecule has 1 aliphatic rings. The predicted octanol–water partition coefficient (Wildman–Crippen LogP) is -1.53. The third-order valence-corrected chi connectivity index (χ3v) is 4.88. The Bertz CT molecular complexity index is 951. The molecule has 1 aromatic carbocycles. The maximum Gasteiger partial charge on any atom is 0.416 e. The van der Waals surface area contributed by atoms with Crippen LogP contribution in [0.3, 0.4) is 0 Å². The maximum absolute atomic E-state index is 13.2. The summed E-state index contributed by atoms with van der Waals surface area (Å²) in [5, 5.41) is 34.2. The van der Waals surface area contributed by atoms with E-state index in [2.05, 4.69) is 15.6 Å². The molecule has 0 spiro atoms. The molecule has 0 bridgehead atoms. The summed E-state index contributed by atoms with van der Waals surface area (Å²) in [4.78, 5) is 28.3. The number of guanidine groups is 1. The fourth-order valence-corrected chi connectivity index (χ4v) is 3.36. The van der Waals surface area contributed by atoms with E-state index in [1.807, 2.05) is 0 Å². The lowest BCUT2D eigenvalue weighted by molar-refractivity contribution is -0.139. The van der Waals surface area contributed by atoms with Crippen LogP contribution in [0.4, 0.5) is 13.2 Å². The Hall–Kier alpha value is -3.36. The fourth-order valence-electron chi connectivity index (χ4n) is 3.36. The first-order valence-corrected chi connectivity index (χ1v) is 9.99. The molecule has 14 heteroatoms. The van der Waals surface area contributed by atoms with E-state index in [4.69, 9.17) is 16.2 Å². The standard InChI is InChI=1S/C20H26F3N5O6/c1-9(30)27-15-12(28-19(24)25)6-14(34-17(15)16(32)13(31)8-29)18(33)26-7-10-4-2-3-5-11(10)20(21,22)23/h2-6,12-13,15-17,29,31-32H,7-8H2,1H3,(H,26,33)(H,27,30)(H4,24,25,28)/t12-,13+,15+,16+,17+/m0/s1. The molecule has 188 valence electrons. The lowest BCUT2D eigenvalue weighted by Crippen LogP contribution is -2.60. The highest BCUT2D eigenvalue weighted by Gasteiger charge is 2.43. The third-order valence-electron chi connectivity index (χ3n) is 4.88. The Morgan fingerprint density at radius 2 is 1.88 bits per heavy atom. The van der Waals surface area contributed by atoms with Crippen LogP contribution in [0.25, 0.3) is 0 Å². The van der Waals surface area contributed by atoms with Crippen molar-refractivity contribution in [3.63, 3.8) is 0 Å². The normalized spacial score (nSPS) is 22.0. The van der Waals surface area contributed by atoms with E-state index in [0.717, 1.165) is 19.1 Å². The number of aliphatic imine (C=N–C) groups is 1. The van der Waals surface area contributed by atoms with Gasteiger partial charge in [0.2, 0.25) is 5.91 Å². The Labute approximate surface area is 192 Å². The van der Waals surface area contributed by atoms with Crippen LogP contribution in [0.2, 0.25) is 0 Å². The summed E-state index contributed by atoms with van der Waals surface area (Å²) in [7, 11) is 0. The highest BCUT2D eigenvalue weighted by atomic mass is 19.4. The number of hydrogen-bond acceptors (Lipinski definition) is 7. The number of ether oxygens (including phenoxy) is 1. The lowest BCUT2D eigenvalue weighted by atomic mass is 9.92. The van der Waals surface area contributed by atoms with Crippen LogP contribution in [-0.2, 0) is 27.0 Å². The van der Waals surface area contributed by atoms with Gasteiger partial charge in [0.15, 0.2) is 11.7 Å². The van der Waals surface area contributed by atoms with E-state index in [1.54, 1.807) is 0 Å². The van der Waals surface area contributed by atoms with E-state index < -0.39 is 78.8 Å². The summed E-state index contributed by atoms with van der Waals surface area (Å²) >= 11 is 0. The Balaban J connectivity index is 2.35. The van der Waals surface area contributed by atoms with Crippen LogP contribution in [0, 0.1) is 0 Å². The van der Waals surface area contributed by atoms with Crippen molar-refractivity contribution in [1.29, 1.82) is 0 Å². The largest absolute Gasteiger partial charge is 0.480 e. The van der Waals surface area contributed by atoms with Gasteiger partial charge >= 0.3 is 6.18 Å². The lowest BCUT2D eigenvalue weighted by Gasteiger charge is -2.39. The molecular weight excluding hydrogens is 463 g/mol. The van der Waals surface area contributed by atoms with E-state index in [-0.39, 0.29) is 5.56 Å². The summed E-state index contributed by atoms with van der Waals surface area (Å²) in [6, 6.07) is 2.32. The number of nitrogens with zero attached hydrogens (tertiary/aromatic N) is 1. The molecule has 0 aliphatic carbocycles. The van der Waals surface area contributed by atoms with Crippen molar-refractivity contribution in [1.82, 2.24) is 10.6 Å². The zero-order chi connectivity index (χ0) is 25.6. The summed E-state index contributed by atoms with van der Waals surface area (Å²) in [6.45, 7) is -0.230. The maximum atomic E-state index is 13.2. The molecule has 0 saturated carbocycles. The highest BCUT2D eigenvalue weighted by molar-refractivity contribution is 5.92. The number of hydrogen-bond donors (Lipinski definition) is 7. The second-order valence-electron chi connectivity index (χ2n) is 7.46. The number of amides is 2. The van der Waals surface area contributed by atoms with E-state index in [0.29, 0.717) is 0 Å². The van der Waals surface area contributed by atoms with Gasteiger partial charge in [-0.2, -0.15) is 13.2 Å². The minimum atomic E-state index is -4.64. The van der Waals surface area contributed by atoms with Crippen LogP contribution < -0.4 is 22.1 Å². The molecule has 34 heavy (non-hydrogen) atoms. The second-order valence-corrected chi connectivity index (χ2v) is 7.46. The number of carbonyl (C=O) groups is 2. The van der Waals surface area contributed by atoms with Crippen molar-refractivity contribution >= 4 is 17.8 Å². The number of benzene rings is 1. The van der Waals surface area contributed by atoms with E-state index >= 15 is 0 Å². The van der Waals surface area contributed by atoms with Gasteiger partial charge in [-0.05, 0) is 17.7 Å². The molecule has 1 heterocycles. The summed E-state index contributed by atoms with van der Waals surface area (Å²) in [6.07, 6.45) is -8.56.